The molecule has 1 atom stereocenters. The number of fused-ring (bicyclic) bond motifs is 1. The number of piperidine rings is 1. The Kier molecular flexibility index (Phi) is 7.10. The van der Waals surface area contributed by atoms with Crippen molar-refractivity contribution in [3.8, 4) is 0 Å². The fraction of sp³-hybridized carbons (Fsp3) is 0.400. The van der Waals surface area contributed by atoms with E-state index in [1.165, 1.54) is 18.9 Å². The van der Waals surface area contributed by atoms with Crippen molar-refractivity contribution in [2.75, 3.05) is 34.8 Å². The molecule has 43 heavy (non-hydrogen) atoms. The molecule has 2 aliphatic heterocycles. The maximum absolute atomic E-state index is 14.7. The second-order valence-corrected chi connectivity index (χ2v) is 12.0. The molecule has 0 bridgehead atoms. The summed E-state index contributed by atoms with van der Waals surface area (Å²) in [4.78, 5) is 38.9. The van der Waals surface area contributed by atoms with Crippen molar-refractivity contribution in [1.29, 1.82) is 0 Å². The highest BCUT2D eigenvalue weighted by Crippen LogP contribution is 2.48. The number of likely N-dealkylation sites (N-methyl/N-ethyl adjacent to an activating group) is 1. The van der Waals surface area contributed by atoms with E-state index in [-0.39, 0.29) is 40.6 Å². The van der Waals surface area contributed by atoms with E-state index in [9.17, 15) is 31.5 Å². The number of carbonyl (C=O) groups excluding carboxylic acids is 2. The predicted molar refractivity (Wildman–Crippen MR) is 151 cm³/mol. The minimum atomic E-state index is -4.66. The van der Waals surface area contributed by atoms with Crippen LogP contribution >= 0.6 is 11.6 Å². The standard InChI is InChI=1S/C30H27ClF5N5O2/c1-16-7-18(30(34,35)36)10-26(38-16)41-25(28(43)39(2)24-11-21(31)22(32)12-23(24)33)9-17-8-19(15-37-27(17)41)40-5-3-29(4-6-40)13-20(42)14-29/h7-8,10-12,15,25H,3-6,9,13-14H2,1-2H3. The number of benzene rings is 1. The molecule has 1 aliphatic carbocycles. The number of pyridine rings is 2. The van der Waals surface area contributed by atoms with Gasteiger partial charge in [-0.25, -0.2) is 18.7 Å². The number of halogens is 6. The Morgan fingerprint density at radius 3 is 2.42 bits per heavy atom. The molecule has 2 fully saturated rings. The largest absolute Gasteiger partial charge is 0.416 e. The lowest BCUT2D eigenvalue weighted by molar-refractivity contribution is -0.137. The molecule has 226 valence electrons. The molecule has 1 aromatic carbocycles. The lowest BCUT2D eigenvalue weighted by Crippen LogP contribution is -2.47. The maximum Gasteiger partial charge on any atom is 0.416 e. The zero-order valence-corrected chi connectivity index (χ0v) is 24.1. The molecule has 4 heterocycles. The summed E-state index contributed by atoms with van der Waals surface area (Å²) in [5.74, 6) is -2.28. The number of nitrogens with zero attached hydrogens (tertiary/aromatic N) is 5. The van der Waals surface area contributed by atoms with Gasteiger partial charge in [0.05, 0.1) is 28.2 Å². The monoisotopic (exact) mass is 619 g/mol. The highest BCUT2D eigenvalue weighted by atomic mass is 35.5. The molecule has 1 saturated heterocycles. The highest BCUT2D eigenvalue weighted by molar-refractivity contribution is 6.31. The van der Waals surface area contributed by atoms with Gasteiger partial charge in [0.15, 0.2) is 0 Å². The van der Waals surface area contributed by atoms with E-state index in [1.807, 2.05) is 6.07 Å². The number of aromatic nitrogens is 2. The first kappa shape index (κ1) is 29.3. The molecule has 3 aliphatic rings. The minimum Gasteiger partial charge on any atom is -0.370 e. The lowest BCUT2D eigenvalue weighted by atomic mass is 9.62. The number of amides is 1. The SMILES string of the molecule is Cc1cc(C(F)(F)F)cc(N2c3ncc(N4CCC5(CC4)CC(=O)C5)cc3CC2C(=O)N(C)c2cc(Cl)c(F)cc2F)n1. The quantitative estimate of drug-likeness (QED) is 0.248. The van der Waals surface area contributed by atoms with Gasteiger partial charge < -0.3 is 9.80 Å². The average Bonchev–Trinajstić information content (AvgIpc) is 3.32. The zero-order valence-electron chi connectivity index (χ0n) is 23.3. The third kappa shape index (κ3) is 5.30. The molecule has 3 aromatic rings. The normalized spacial score (nSPS) is 19.4. The van der Waals surface area contributed by atoms with Crippen molar-refractivity contribution in [1.82, 2.24) is 9.97 Å². The van der Waals surface area contributed by atoms with E-state index in [0.29, 0.717) is 24.5 Å². The number of hydrogen-bond acceptors (Lipinski definition) is 6. The van der Waals surface area contributed by atoms with Crippen LogP contribution in [-0.4, -0.2) is 47.8 Å². The van der Waals surface area contributed by atoms with E-state index in [0.717, 1.165) is 54.7 Å². The number of alkyl halides is 3. The van der Waals surface area contributed by atoms with Gasteiger partial charge in [0.2, 0.25) is 5.91 Å². The molecule has 13 heteroatoms. The third-order valence-corrected chi connectivity index (χ3v) is 8.99. The molecule has 1 unspecified atom stereocenters. The molecular weight excluding hydrogens is 593 g/mol. The summed E-state index contributed by atoms with van der Waals surface area (Å²) in [6.45, 7) is 2.87. The number of hydrogen-bond donors (Lipinski definition) is 0. The molecule has 0 radical (unpaired) electrons. The Labute approximate surface area is 249 Å². The number of aryl methyl sites for hydroxylation is 1. The Morgan fingerprint density at radius 2 is 1.77 bits per heavy atom. The Hall–Kier alpha value is -3.80. The summed E-state index contributed by atoms with van der Waals surface area (Å²) >= 11 is 5.86. The summed E-state index contributed by atoms with van der Waals surface area (Å²) in [5, 5.41) is -0.390. The second kappa shape index (κ2) is 10.4. The van der Waals surface area contributed by atoms with Crippen molar-refractivity contribution in [3.63, 3.8) is 0 Å². The molecule has 0 N–H and O–H groups in total. The molecular formula is C30H27ClF5N5O2. The van der Waals surface area contributed by atoms with E-state index in [4.69, 9.17) is 11.6 Å². The Bertz CT molecular complexity index is 1630. The number of rotatable bonds is 4. The molecule has 2 aromatic heterocycles. The number of ketones is 1. The molecule has 7 nitrogen and oxygen atoms in total. The summed E-state index contributed by atoms with van der Waals surface area (Å²) in [6.07, 6.45) is -0.0353. The van der Waals surface area contributed by atoms with E-state index in [1.54, 1.807) is 6.20 Å². The first-order valence-electron chi connectivity index (χ1n) is 13.8. The van der Waals surface area contributed by atoms with Crippen LogP contribution in [0.2, 0.25) is 5.02 Å². The van der Waals surface area contributed by atoms with Crippen molar-refractivity contribution in [2.45, 2.75) is 51.2 Å². The molecule has 1 spiro atoms. The first-order chi connectivity index (χ1) is 20.2. The van der Waals surface area contributed by atoms with Gasteiger partial charge in [-0.15, -0.1) is 0 Å². The summed E-state index contributed by atoms with van der Waals surface area (Å²) in [5.41, 5.74) is 0.339. The van der Waals surface area contributed by atoms with Gasteiger partial charge >= 0.3 is 6.18 Å². The van der Waals surface area contributed by atoms with Crippen LogP contribution in [0.5, 0.6) is 0 Å². The smallest absolute Gasteiger partial charge is 0.370 e. The lowest BCUT2D eigenvalue weighted by Gasteiger charge is -2.47. The van der Waals surface area contributed by atoms with Crippen LogP contribution in [0.1, 0.15) is 42.5 Å². The Morgan fingerprint density at radius 1 is 1.07 bits per heavy atom. The second-order valence-electron chi connectivity index (χ2n) is 11.6. The third-order valence-electron chi connectivity index (χ3n) is 8.70. The predicted octanol–water partition coefficient (Wildman–Crippen LogP) is 6.41. The summed E-state index contributed by atoms with van der Waals surface area (Å²) in [6, 6.07) is 4.05. The minimum absolute atomic E-state index is 0.0547. The fourth-order valence-electron chi connectivity index (χ4n) is 6.37. The topological polar surface area (TPSA) is 69.6 Å². The van der Waals surface area contributed by atoms with Gasteiger partial charge in [0.1, 0.15) is 35.1 Å². The van der Waals surface area contributed by atoms with E-state index in [2.05, 4.69) is 14.9 Å². The van der Waals surface area contributed by atoms with Crippen LogP contribution in [0, 0.1) is 24.0 Å². The van der Waals surface area contributed by atoms with Crippen molar-refractivity contribution in [2.24, 2.45) is 5.41 Å². The van der Waals surface area contributed by atoms with Gasteiger partial charge in [-0.2, -0.15) is 13.2 Å². The maximum atomic E-state index is 14.7. The number of carbonyl (C=O) groups is 2. The van der Waals surface area contributed by atoms with Crippen LogP contribution in [0.3, 0.4) is 0 Å². The fourth-order valence-corrected chi connectivity index (χ4v) is 6.53. The van der Waals surface area contributed by atoms with Crippen molar-refractivity contribution in [3.05, 3.63) is 70.0 Å². The van der Waals surface area contributed by atoms with Crippen molar-refractivity contribution < 1.29 is 31.5 Å². The first-order valence-corrected chi connectivity index (χ1v) is 14.2. The molecule has 1 saturated carbocycles. The summed E-state index contributed by atoms with van der Waals surface area (Å²) in [7, 11) is 1.29. The van der Waals surface area contributed by atoms with Gasteiger partial charge in [-0.05, 0) is 55.0 Å². The highest BCUT2D eigenvalue weighted by Gasteiger charge is 2.46. The van der Waals surface area contributed by atoms with Crippen LogP contribution in [0.15, 0.2) is 36.5 Å². The Balaban J connectivity index is 1.36. The van der Waals surface area contributed by atoms with Crippen LogP contribution in [0.25, 0.3) is 0 Å². The molecule has 1 amide bonds. The van der Waals surface area contributed by atoms with E-state index >= 15 is 0 Å². The van der Waals surface area contributed by atoms with Crippen LogP contribution in [-0.2, 0) is 22.2 Å². The average molecular weight is 620 g/mol. The summed E-state index contributed by atoms with van der Waals surface area (Å²) < 4.78 is 69.9. The van der Waals surface area contributed by atoms with Gasteiger partial charge in [-0.3, -0.25) is 14.5 Å². The van der Waals surface area contributed by atoms with Gasteiger partial charge in [0, 0.05) is 51.2 Å². The van der Waals surface area contributed by atoms with Crippen LogP contribution < -0.4 is 14.7 Å². The van der Waals surface area contributed by atoms with Crippen molar-refractivity contribution >= 4 is 46.3 Å². The van der Waals surface area contributed by atoms with Gasteiger partial charge in [-0.1, -0.05) is 11.6 Å². The van der Waals surface area contributed by atoms with Gasteiger partial charge in [0.25, 0.3) is 0 Å². The van der Waals surface area contributed by atoms with E-state index < -0.39 is 40.3 Å². The zero-order chi connectivity index (χ0) is 30.8. The number of Topliss-reactive ketones (excluding diaryl/α,β-unsaturated/α-hetero) is 1. The number of anilines is 4. The molecule has 6 rings (SSSR count). The van der Waals surface area contributed by atoms with Crippen LogP contribution in [0.4, 0.5) is 45.0 Å².